The molecular weight excluding hydrogens is 315 g/mol. The Balaban J connectivity index is 1.48. The number of hydrogen-bond acceptors (Lipinski definition) is 6. The Morgan fingerprint density at radius 1 is 1.04 bits per heavy atom. The van der Waals surface area contributed by atoms with Gasteiger partial charge in [0.1, 0.15) is 11.6 Å². The van der Waals surface area contributed by atoms with Crippen LogP contribution in [0.2, 0.25) is 0 Å². The SMILES string of the molecule is O=C(COc1ccc(F)cc1)OCc1nnc(-c2ccccc2)o1. The standard InChI is InChI=1S/C17H13FN2O4/c18-13-6-8-14(9-7-13)22-11-16(21)23-10-15-19-20-17(24-15)12-4-2-1-3-5-12/h1-9H,10-11H2. The van der Waals surface area contributed by atoms with Crippen molar-refractivity contribution in [2.75, 3.05) is 6.61 Å². The summed E-state index contributed by atoms with van der Waals surface area (Å²) in [4.78, 5) is 11.6. The van der Waals surface area contributed by atoms with E-state index in [-0.39, 0.29) is 24.9 Å². The summed E-state index contributed by atoms with van der Waals surface area (Å²) in [6, 6.07) is 14.6. The van der Waals surface area contributed by atoms with Gasteiger partial charge in [0, 0.05) is 5.56 Å². The second kappa shape index (κ2) is 7.36. The zero-order chi connectivity index (χ0) is 16.8. The van der Waals surface area contributed by atoms with Crippen molar-refractivity contribution in [3.63, 3.8) is 0 Å². The van der Waals surface area contributed by atoms with Crippen molar-refractivity contribution in [2.45, 2.75) is 6.61 Å². The molecular formula is C17H13FN2O4. The van der Waals surface area contributed by atoms with Crippen LogP contribution in [-0.4, -0.2) is 22.8 Å². The number of carbonyl (C=O) groups is 1. The molecule has 1 heterocycles. The monoisotopic (exact) mass is 328 g/mol. The third kappa shape index (κ3) is 4.16. The summed E-state index contributed by atoms with van der Waals surface area (Å²) < 4.78 is 28.3. The highest BCUT2D eigenvalue weighted by atomic mass is 19.1. The largest absolute Gasteiger partial charge is 0.482 e. The minimum atomic E-state index is -0.598. The van der Waals surface area contributed by atoms with Gasteiger partial charge in [-0.05, 0) is 36.4 Å². The highest BCUT2D eigenvalue weighted by molar-refractivity contribution is 5.71. The molecule has 0 aliphatic carbocycles. The first-order valence-corrected chi connectivity index (χ1v) is 7.12. The highest BCUT2D eigenvalue weighted by Crippen LogP contribution is 2.17. The number of ether oxygens (including phenoxy) is 2. The Kier molecular flexibility index (Phi) is 4.81. The molecule has 3 rings (SSSR count). The van der Waals surface area contributed by atoms with Gasteiger partial charge in [0.25, 0.3) is 5.89 Å². The predicted molar refractivity (Wildman–Crippen MR) is 81.4 cm³/mol. The molecule has 7 heteroatoms. The van der Waals surface area contributed by atoms with E-state index in [9.17, 15) is 9.18 Å². The van der Waals surface area contributed by atoms with Crippen LogP contribution in [0.3, 0.4) is 0 Å². The van der Waals surface area contributed by atoms with Gasteiger partial charge in [0.05, 0.1) is 0 Å². The van der Waals surface area contributed by atoms with Crippen LogP contribution in [-0.2, 0) is 16.1 Å². The van der Waals surface area contributed by atoms with E-state index in [0.717, 1.165) is 5.56 Å². The number of carbonyl (C=O) groups excluding carboxylic acids is 1. The third-order valence-corrected chi connectivity index (χ3v) is 3.01. The molecule has 0 fully saturated rings. The van der Waals surface area contributed by atoms with Crippen LogP contribution < -0.4 is 4.74 Å². The summed E-state index contributed by atoms with van der Waals surface area (Å²) >= 11 is 0. The fraction of sp³-hybridized carbons (Fsp3) is 0.118. The Morgan fingerprint density at radius 3 is 2.54 bits per heavy atom. The van der Waals surface area contributed by atoms with E-state index < -0.39 is 5.97 Å². The van der Waals surface area contributed by atoms with Crippen LogP contribution in [0.4, 0.5) is 4.39 Å². The minimum Gasteiger partial charge on any atom is -0.482 e. The second-order valence-electron chi connectivity index (χ2n) is 4.77. The zero-order valence-electron chi connectivity index (χ0n) is 12.5. The lowest BCUT2D eigenvalue weighted by Gasteiger charge is -2.05. The van der Waals surface area contributed by atoms with E-state index in [4.69, 9.17) is 13.9 Å². The molecule has 0 aliphatic rings. The summed E-state index contributed by atoms with van der Waals surface area (Å²) in [5.41, 5.74) is 0.780. The van der Waals surface area contributed by atoms with Gasteiger partial charge in [-0.25, -0.2) is 9.18 Å². The predicted octanol–water partition coefficient (Wildman–Crippen LogP) is 3.00. The fourth-order valence-corrected chi connectivity index (χ4v) is 1.87. The number of rotatable bonds is 6. The number of nitrogens with zero attached hydrogens (tertiary/aromatic N) is 2. The first-order valence-electron chi connectivity index (χ1n) is 7.12. The average Bonchev–Trinajstić information content (AvgIpc) is 3.09. The molecule has 3 aromatic rings. The molecule has 0 saturated heterocycles. The van der Waals surface area contributed by atoms with Crippen molar-refractivity contribution in [3.8, 4) is 17.2 Å². The quantitative estimate of drug-likeness (QED) is 0.648. The zero-order valence-corrected chi connectivity index (χ0v) is 12.5. The topological polar surface area (TPSA) is 74.5 Å². The summed E-state index contributed by atoms with van der Waals surface area (Å²) in [6.45, 7) is -0.448. The van der Waals surface area contributed by atoms with Crippen molar-refractivity contribution in [3.05, 3.63) is 66.3 Å². The van der Waals surface area contributed by atoms with Crippen molar-refractivity contribution < 1.29 is 23.1 Å². The fourth-order valence-electron chi connectivity index (χ4n) is 1.87. The number of hydrogen-bond donors (Lipinski definition) is 0. The molecule has 0 saturated carbocycles. The maximum Gasteiger partial charge on any atom is 0.344 e. The summed E-state index contributed by atoms with van der Waals surface area (Å²) in [5, 5.41) is 7.71. The second-order valence-corrected chi connectivity index (χ2v) is 4.77. The lowest BCUT2D eigenvalue weighted by Crippen LogP contribution is -2.14. The Labute approximate surface area is 136 Å². The van der Waals surface area contributed by atoms with Crippen LogP contribution in [0.1, 0.15) is 5.89 Å². The van der Waals surface area contributed by atoms with Crippen LogP contribution in [0, 0.1) is 5.82 Å². The van der Waals surface area contributed by atoms with Gasteiger partial charge >= 0.3 is 5.97 Å². The van der Waals surface area contributed by atoms with Gasteiger partial charge in [-0.2, -0.15) is 0 Å². The molecule has 0 amide bonds. The molecule has 0 bridgehead atoms. The lowest BCUT2D eigenvalue weighted by molar-refractivity contribution is -0.148. The first kappa shape index (κ1) is 15.7. The molecule has 0 spiro atoms. The van der Waals surface area contributed by atoms with Gasteiger partial charge in [0.15, 0.2) is 13.2 Å². The molecule has 122 valence electrons. The van der Waals surface area contributed by atoms with E-state index in [1.807, 2.05) is 30.3 Å². The molecule has 0 unspecified atom stereocenters. The molecule has 0 radical (unpaired) electrons. The van der Waals surface area contributed by atoms with Crippen LogP contribution in [0.15, 0.2) is 59.0 Å². The summed E-state index contributed by atoms with van der Waals surface area (Å²) in [6.07, 6.45) is 0. The van der Waals surface area contributed by atoms with Crippen molar-refractivity contribution in [2.24, 2.45) is 0 Å². The van der Waals surface area contributed by atoms with Gasteiger partial charge in [-0.1, -0.05) is 18.2 Å². The Morgan fingerprint density at radius 2 is 1.79 bits per heavy atom. The highest BCUT2D eigenvalue weighted by Gasteiger charge is 2.11. The van der Waals surface area contributed by atoms with Gasteiger partial charge in [-0.3, -0.25) is 0 Å². The lowest BCUT2D eigenvalue weighted by atomic mass is 10.2. The number of esters is 1. The number of halogens is 1. The summed E-state index contributed by atoms with van der Waals surface area (Å²) in [5.74, 6) is -0.0694. The number of benzene rings is 2. The maximum atomic E-state index is 12.7. The molecule has 24 heavy (non-hydrogen) atoms. The third-order valence-electron chi connectivity index (χ3n) is 3.01. The van der Waals surface area contributed by atoms with Crippen molar-refractivity contribution in [1.82, 2.24) is 10.2 Å². The van der Waals surface area contributed by atoms with Crippen molar-refractivity contribution in [1.29, 1.82) is 0 Å². The van der Waals surface area contributed by atoms with Gasteiger partial charge < -0.3 is 13.9 Å². The smallest absolute Gasteiger partial charge is 0.344 e. The molecule has 0 aliphatic heterocycles. The van der Waals surface area contributed by atoms with Crippen LogP contribution in [0.25, 0.3) is 11.5 Å². The van der Waals surface area contributed by atoms with E-state index >= 15 is 0 Å². The van der Waals surface area contributed by atoms with Crippen LogP contribution in [0.5, 0.6) is 5.75 Å². The molecule has 1 aromatic heterocycles. The normalized spacial score (nSPS) is 10.4. The summed E-state index contributed by atoms with van der Waals surface area (Å²) in [7, 11) is 0. The Hall–Kier alpha value is -3.22. The molecule has 6 nitrogen and oxygen atoms in total. The van der Waals surface area contributed by atoms with Gasteiger partial charge in [-0.15, -0.1) is 10.2 Å². The van der Waals surface area contributed by atoms with E-state index in [2.05, 4.69) is 10.2 Å². The van der Waals surface area contributed by atoms with E-state index in [1.165, 1.54) is 24.3 Å². The molecule has 0 N–H and O–H groups in total. The Bertz CT molecular complexity index is 803. The van der Waals surface area contributed by atoms with E-state index in [1.54, 1.807) is 0 Å². The molecule has 2 aromatic carbocycles. The van der Waals surface area contributed by atoms with Gasteiger partial charge in [0.2, 0.25) is 5.89 Å². The molecule has 0 atom stereocenters. The van der Waals surface area contributed by atoms with Crippen LogP contribution >= 0.6 is 0 Å². The minimum absolute atomic E-state index is 0.147. The average molecular weight is 328 g/mol. The van der Waals surface area contributed by atoms with Crippen molar-refractivity contribution >= 4 is 5.97 Å². The first-order chi connectivity index (χ1) is 11.7. The maximum absolute atomic E-state index is 12.7. The number of aromatic nitrogens is 2. The van der Waals surface area contributed by atoms with E-state index in [0.29, 0.717) is 11.6 Å².